The first-order chi connectivity index (χ1) is 7.59. The third kappa shape index (κ3) is 4.42. The molecule has 0 saturated heterocycles. The van der Waals surface area contributed by atoms with E-state index in [1.54, 1.807) is 6.92 Å². The Labute approximate surface area is 94.9 Å². The van der Waals surface area contributed by atoms with Gasteiger partial charge in [0.15, 0.2) is 0 Å². The molecule has 0 bridgehead atoms. The van der Waals surface area contributed by atoms with Crippen LogP contribution in [0.3, 0.4) is 0 Å². The van der Waals surface area contributed by atoms with Crippen molar-refractivity contribution in [3.8, 4) is 0 Å². The zero-order valence-corrected chi connectivity index (χ0v) is 9.26. The van der Waals surface area contributed by atoms with Gasteiger partial charge in [-0.05, 0) is 18.9 Å². The number of nitrogens with one attached hydrogen (secondary N) is 1. The van der Waals surface area contributed by atoms with Crippen LogP contribution in [0.1, 0.15) is 18.9 Å². The zero-order valence-electron chi connectivity index (χ0n) is 9.26. The van der Waals surface area contributed by atoms with Crippen molar-refractivity contribution in [1.29, 1.82) is 0 Å². The highest BCUT2D eigenvalue weighted by Crippen LogP contribution is 2.02. The van der Waals surface area contributed by atoms with Gasteiger partial charge in [-0.25, -0.2) is 0 Å². The summed E-state index contributed by atoms with van der Waals surface area (Å²) in [6.07, 6.45) is -0.410. The maximum atomic E-state index is 10.9. The number of hydrogen-bond acceptors (Lipinski definition) is 3. The topological polar surface area (TPSA) is 69.6 Å². The Morgan fingerprint density at radius 2 is 2.00 bits per heavy atom. The number of hydrogen-bond donors (Lipinski definition) is 3. The molecular formula is C12H17NO3. The Bertz CT molecular complexity index is 324. The lowest BCUT2D eigenvalue weighted by Gasteiger charge is -2.15. The van der Waals surface area contributed by atoms with E-state index in [-0.39, 0.29) is 6.42 Å². The Balaban J connectivity index is 2.47. The molecule has 0 aromatic heterocycles. The highest BCUT2D eigenvalue weighted by molar-refractivity contribution is 5.73. The number of aliphatic carboxylic acids is 1. The fraction of sp³-hybridized carbons (Fsp3) is 0.417. The van der Waals surface area contributed by atoms with Crippen LogP contribution in [0.25, 0.3) is 0 Å². The van der Waals surface area contributed by atoms with Crippen LogP contribution in [0.2, 0.25) is 0 Å². The molecule has 0 heterocycles. The van der Waals surface area contributed by atoms with Gasteiger partial charge in [-0.2, -0.15) is 0 Å². The SMILES string of the molecule is C[C@@H](O)C[C@@H](NCc1ccccc1)C(=O)O. The molecule has 4 nitrogen and oxygen atoms in total. The molecule has 0 radical (unpaired) electrons. The first kappa shape index (κ1) is 12.7. The quantitative estimate of drug-likeness (QED) is 0.673. The van der Waals surface area contributed by atoms with Crippen LogP contribution >= 0.6 is 0 Å². The van der Waals surface area contributed by atoms with Crippen molar-refractivity contribution in [2.75, 3.05) is 0 Å². The van der Waals surface area contributed by atoms with Gasteiger partial charge in [-0.1, -0.05) is 30.3 Å². The monoisotopic (exact) mass is 223 g/mol. The first-order valence-corrected chi connectivity index (χ1v) is 5.27. The number of rotatable bonds is 6. The predicted octanol–water partition coefficient (Wildman–Crippen LogP) is 1.00. The molecule has 3 N–H and O–H groups in total. The lowest BCUT2D eigenvalue weighted by molar-refractivity contribution is -0.140. The lowest BCUT2D eigenvalue weighted by atomic mass is 10.1. The molecule has 0 aliphatic heterocycles. The molecule has 0 fully saturated rings. The van der Waals surface area contributed by atoms with Gasteiger partial charge in [-0.15, -0.1) is 0 Å². The summed E-state index contributed by atoms with van der Waals surface area (Å²) in [6.45, 7) is 2.07. The second-order valence-corrected chi connectivity index (χ2v) is 3.84. The molecule has 88 valence electrons. The number of carboxylic acids is 1. The maximum Gasteiger partial charge on any atom is 0.320 e. The maximum absolute atomic E-state index is 10.9. The fourth-order valence-corrected chi connectivity index (χ4v) is 1.45. The van der Waals surface area contributed by atoms with Gasteiger partial charge in [0.25, 0.3) is 0 Å². The lowest BCUT2D eigenvalue weighted by Crippen LogP contribution is -2.38. The molecule has 0 spiro atoms. The van der Waals surface area contributed by atoms with Gasteiger partial charge < -0.3 is 15.5 Å². The molecule has 0 saturated carbocycles. The van der Waals surface area contributed by atoms with E-state index in [1.807, 2.05) is 30.3 Å². The van der Waals surface area contributed by atoms with Crippen molar-refractivity contribution >= 4 is 5.97 Å². The molecule has 1 aromatic rings. The van der Waals surface area contributed by atoms with E-state index in [4.69, 9.17) is 10.2 Å². The number of aliphatic hydroxyl groups is 1. The third-order valence-electron chi connectivity index (χ3n) is 2.27. The molecular weight excluding hydrogens is 206 g/mol. The third-order valence-corrected chi connectivity index (χ3v) is 2.27. The molecule has 1 aromatic carbocycles. The number of carboxylic acid groups (broad SMARTS) is 1. The predicted molar refractivity (Wildman–Crippen MR) is 61.0 cm³/mol. The number of aliphatic hydroxyl groups excluding tert-OH is 1. The van der Waals surface area contributed by atoms with Crippen LogP contribution in [0.15, 0.2) is 30.3 Å². The van der Waals surface area contributed by atoms with E-state index in [9.17, 15) is 4.79 Å². The van der Waals surface area contributed by atoms with E-state index < -0.39 is 18.1 Å². The summed E-state index contributed by atoms with van der Waals surface area (Å²) in [4.78, 5) is 10.9. The average Bonchev–Trinajstić information content (AvgIpc) is 2.25. The second kappa shape index (κ2) is 6.25. The Morgan fingerprint density at radius 3 is 2.50 bits per heavy atom. The summed E-state index contributed by atoms with van der Waals surface area (Å²) >= 11 is 0. The fourth-order valence-electron chi connectivity index (χ4n) is 1.45. The summed E-state index contributed by atoms with van der Waals surface area (Å²) in [5.74, 6) is -0.933. The molecule has 2 atom stereocenters. The van der Waals surface area contributed by atoms with Gasteiger partial charge in [0.05, 0.1) is 6.10 Å². The van der Waals surface area contributed by atoms with Crippen LogP contribution in [0.5, 0.6) is 0 Å². The Hall–Kier alpha value is -1.39. The molecule has 0 amide bonds. The number of carbonyl (C=O) groups is 1. The normalized spacial score (nSPS) is 14.4. The zero-order chi connectivity index (χ0) is 12.0. The smallest absolute Gasteiger partial charge is 0.320 e. The van der Waals surface area contributed by atoms with Crippen LogP contribution in [0, 0.1) is 0 Å². The summed E-state index contributed by atoms with van der Waals surface area (Å²) in [5.41, 5.74) is 1.03. The van der Waals surface area contributed by atoms with Crippen molar-refractivity contribution in [3.63, 3.8) is 0 Å². The summed E-state index contributed by atoms with van der Waals surface area (Å²) in [7, 11) is 0. The van der Waals surface area contributed by atoms with E-state index in [0.29, 0.717) is 6.54 Å². The molecule has 4 heteroatoms. The minimum atomic E-state index is -0.933. The molecule has 0 aliphatic carbocycles. The molecule has 0 unspecified atom stereocenters. The molecule has 0 aliphatic rings. The largest absolute Gasteiger partial charge is 0.480 e. The molecule has 16 heavy (non-hydrogen) atoms. The highest BCUT2D eigenvalue weighted by Gasteiger charge is 2.18. The average molecular weight is 223 g/mol. The van der Waals surface area contributed by atoms with Crippen LogP contribution in [-0.2, 0) is 11.3 Å². The van der Waals surface area contributed by atoms with Crippen LogP contribution < -0.4 is 5.32 Å². The summed E-state index contributed by atoms with van der Waals surface area (Å²) < 4.78 is 0. The van der Waals surface area contributed by atoms with E-state index in [2.05, 4.69) is 5.32 Å². The molecule has 1 rings (SSSR count). The highest BCUT2D eigenvalue weighted by atomic mass is 16.4. The van der Waals surface area contributed by atoms with Crippen molar-refractivity contribution < 1.29 is 15.0 Å². The first-order valence-electron chi connectivity index (χ1n) is 5.27. The van der Waals surface area contributed by atoms with Gasteiger partial charge in [0.1, 0.15) is 6.04 Å². The van der Waals surface area contributed by atoms with Gasteiger partial charge in [-0.3, -0.25) is 4.79 Å². The summed E-state index contributed by atoms with van der Waals surface area (Å²) in [5, 5.41) is 21.0. The van der Waals surface area contributed by atoms with Crippen LogP contribution in [0.4, 0.5) is 0 Å². The Morgan fingerprint density at radius 1 is 1.38 bits per heavy atom. The number of benzene rings is 1. The van der Waals surface area contributed by atoms with Crippen molar-refractivity contribution in [1.82, 2.24) is 5.32 Å². The standard InChI is InChI=1S/C12H17NO3/c1-9(14)7-11(12(15)16)13-8-10-5-3-2-4-6-10/h2-6,9,11,13-14H,7-8H2,1H3,(H,15,16)/t9-,11-/m1/s1. The minimum Gasteiger partial charge on any atom is -0.480 e. The van der Waals surface area contributed by atoms with Gasteiger partial charge >= 0.3 is 5.97 Å². The van der Waals surface area contributed by atoms with Gasteiger partial charge in [0, 0.05) is 6.54 Å². The Kier molecular flexibility index (Phi) is 4.95. The van der Waals surface area contributed by atoms with E-state index in [0.717, 1.165) is 5.56 Å². The van der Waals surface area contributed by atoms with Gasteiger partial charge in [0.2, 0.25) is 0 Å². The second-order valence-electron chi connectivity index (χ2n) is 3.84. The van der Waals surface area contributed by atoms with Crippen molar-refractivity contribution in [2.45, 2.75) is 32.0 Å². The van der Waals surface area contributed by atoms with Crippen molar-refractivity contribution in [3.05, 3.63) is 35.9 Å². The van der Waals surface area contributed by atoms with E-state index >= 15 is 0 Å². The summed E-state index contributed by atoms with van der Waals surface area (Å²) in [6, 6.07) is 8.86. The van der Waals surface area contributed by atoms with Crippen molar-refractivity contribution in [2.24, 2.45) is 0 Å². The minimum absolute atomic E-state index is 0.210. The van der Waals surface area contributed by atoms with Crippen LogP contribution in [-0.4, -0.2) is 28.3 Å². The van der Waals surface area contributed by atoms with E-state index in [1.165, 1.54) is 0 Å².